The van der Waals surface area contributed by atoms with Crippen LogP contribution in [0.1, 0.15) is 57.4 Å². The third-order valence-electron chi connectivity index (χ3n) is 5.97. The maximum Gasteiger partial charge on any atom is 0.0653 e. The lowest BCUT2D eigenvalue weighted by molar-refractivity contribution is 0.261. The van der Waals surface area contributed by atoms with Crippen molar-refractivity contribution in [2.45, 2.75) is 57.4 Å². The quantitative estimate of drug-likeness (QED) is 0.418. The minimum atomic E-state index is -0.125. The molecule has 3 nitrogen and oxygen atoms in total. The highest BCUT2D eigenvalue weighted by molar-refractivity contribution is 5.97. The molecule has 3 heteroatoms. The Morgan fingerprint density at radius 1 is 0.889 bits per heavy atom. The monoisotopic (exact) mass is 362 g/mol. The number of aliphatic hydroxyl groups excluding tert-OH is 1. The van der Waals surface area contributed by atoms with Crippen molar-refractivity contribution in [1.82, 2.24) is 4.98 Å². The second-order valence-electron chi connectivity index (χ2n) is 7.81. The largest absolute Gasteiger partial charge is 0.396 e. The average Bonchev–Trinajstić information content (AvgIpc) is 3.10. The SMILES string of the molecule is CCCCCCC1(CCCO)Nc2ccccc2-c2[nH]c3ccccc3c21. The number of anilines is 1. The maximum atomic E-state index is 9.59. The van der Waals surface area contributed by atoms with Gasteiger partial charge in [0.25, 0.3) is 0 Å². The van der Waals surface area contributed by atoms with Crippen LogP contribution in [0.4, 0.5) is 5.69 Å². The lowest BCUT2D eigenvalue weighted by Gasteiger charge is -2.41. The van der Waals surface area contributed by atoms with E-state index in [0.29, 0.717) is 0 Å². The van der Waals surface area contributed by atoms with E-state index >= 15 is 0 Å². The number of benzene rings is 2. The van der Waals surface area contributed by atoms with Crippen molar-refractivity contribution in [1.29, 1.82) is 0 Å². The highest BCUT2D eigenvalue weighted by atomic mass is 16.2. The summed E-state index contributed by atoms with van der Waals surface area (Å²) in [6.45, 7) is 2.49. The van der Waals surface area contributed by atoms with E-state index in [2.05, 4.69) is 65.8 Å². The van der Waals surface area contributed by atoms with Crippen molar-refractivity contribution in [2.24, 2.45) is 0 Å². The first kappa shape index (κ1) is 18.1. The number of nitrogens with one attached hydrogen (secondary N) is 2. The summed E-state index contributed by atoms with van der Waals surface area (Å²) in [5, 5.41) is 14.8. The molecule has 1 unspecified atom stereocenters. The molecular weight excluding hydrogens is 332 g/mol. The summed E-state index contributed by atoms with van der Waals surface area (Å²) in [5.41, 5.74) is 6.16. The first-order valence-corrected chi connectivity index (χ1v) is 10.4. The molecule has 1 aliphatic rings. The molecule has 2 heterocycles. The number of aromatic nitrogens is 1. The molecule has 4 rings (SSSR count). The predicted octanol–water partition coefficient (Wildman–Crippen LogP) is 6.20. The van der Waals surface area contributed by atoms with Gasteiger partial charge in [-0.2, -0.15) is 0 Å². The minimum Gasteiger partial charge on any atom is -0.396 e. The summed E-state index contributed by atoms with van der Waals surface area (Å²) in [6, 6.07) is 17.2. The Hall–Kier alpha value is -2.26. The van der Waals surface area contributed by atoms with Gasteiger partial charge < -0.3 is 15.4 Å². The molecular formula is C24H30N2O. The summed E-state index contributed by atoms with van der Waals surface area (Å²) in [5.74, 6) is 0. The molecule has 0 amide bonds. The highest BCUT2D eigenvalue weighted by Gasteiger charge is 2.40. The summed E-state index contributed by atoms with van der Waals surface area (Å²) in [6.07, 6.45) is 7.84. The van der Waals surface area contributed by atoms with Gasteiger partial charge in [0.05, 0.1) is 11.2 Å². The molecule has 2 aromatic carbocycles. The van der Waals surface area contributed by atoms with Crippen molar-refractivity contribution in [3.63, 3.8) is 0 Å². The second kappa shape index (κ2) is 7.77. The topological polar surface area (TPSA) is 48.0 Å². The smallest absolute Gasteiger partial charge is 0.0653 e. The Bertz CT molecular complexity index is 914. The number of fused-ring (bicyclic) bond motifs is 5. The lowest BCUT2D eigenvalue weighted by Crippen LogP contribution is -2.38. The summed E-state index contributed by atoms with van der Waals surface area (Å²) in [4.78, 5) is 3.70. The van der Waals surface area contributed by atoms with Crippen molar-refractivity contribution in [3.05, 3.63) is 54.1 Å². The number of rotatable bonds is 8. The zero-order valence-corrected chi connectivity index (χ0v) is 16.2. The van der Waals surface area contributed by atoms with Crippen molar-refractivity contribution in [3.8, 4) is 11.3 Å². The van der Waals surface area contributed by atoms with E-state index in [1.165, 1.54) is 59.1 Å². The van der Waals surface area contributed by atoms with E-state index in [9.17, 15) is 5.11 Å². The molecule has 142 valence electrons. The van der Waals surface area contributed by atoms with E-state index in [-0.39, 0.29) is 12.1 Å². The first-order chi connectivity index (χ1) is 13.3. The van der Waals surface area contributed by atoms with Crippen molar-refractivity contribution in [2.75, 3.05) is 11.9 Å². The van der Waals surface area contributed by atoms with Crippen LogP contribution in [0.2, 0.25) is 0 Å². The van der Waals surface area contributed by atoms with Crippen LogP contribution < -0.4 is 5.32 Å². The Balaban J connectivity index is 1.86. The van der Waals surface area contributed by atoms with E-state index in [4.69, 9.17) is 0 Å². The third kappa shape index (κ3) is 3.25. The van der Waals surface area contributed by atoms with Gasteiger partial charge in [-0.15, -0.1) is 0 Å². The van der Waals surface area contributed by atoms with Crippen LogP contribution in [0.5, 0.6) is 0 Å². The van der Waals surface area contributed by atoms with Gasteiger partial charge in [-0.3, -0.25) is 0 Å². The van der Waals surface area contributed by atoms with Gasteiger partial charge in [-0.25, -0.2) is 0 Å². The number of unbranched alkanes of at least 4 members (excludes halogenated alkanes) is 3. The molecule has 0 saturated heterocycles. The molecule has 1 aromatic heterocycles. The fourth-order valence-corrected chi connectivity index (χ4v) is 4.71. The fraction of sp³-hybridized carbons (Fsp3) is 0.417. The molecule has 1 atom stereocenters. The Morgan fingerprint density at radius 3 is 2.52 bits per heavy atom. The second-order valence-corrected chi connectivity index (χ2v) is 7.81. The van der Waals surface area contributed by atoms with Crippen LogP contribution in [0.15, 0.2) is 48.5 Å². The van der Waals surface area contributed by atoms with Crippen LogP contribution in [-0.2, 0) is 5.54 Å². The summed E-state index contributed by atoms with van der Waals surface area (Å²) in [7, 11) is 0. The number of hydrogen-bond acceptors (Lipinski definition) is 2. The molecule has 0 radical (unpaired) electrons. The van der Waals surface area contributed by atoms with Gasteiger partial charge in [0.15, 0.2) is 0 Å². The Kier molecular flexibility index (Phi) is 5.22. The summed E-state index contributed by atoms with van der Waals surface area (Å²) >= 11 is 0. The van der Waals surface area contributed by atoms with Gasteiger partial charge in [0.1, 0.15) is 0 Å². The Morgan fingerprint density at radius 2 is 1.67 bits per heavy atom. The molecule has 27 heavy (non-hydrogen) atoms. The normalized spacial score (nSPS) is 18.1. The van der Waals surface area contributed by atoms with E-state index in [1.54, 1.807) is 0 Å². The fourth-order valence-electron chi connectivity index (χ4n) is 4.71. The highest BCUT2D eigenvalue weighted by Crippen LogP contribution is 2.50. The molecule has 0 aliphatic carbocycles. The molecule has 0 fully saturated rings. The average molecular weight is 363 g/mol. The van der Waals surface area contributed by atoms with Gasteiger partial charge in [0, 0.05) is 34.3 Å². The van der Waals surface area contributed by atoms with Crippen LogP contribution >= 0.6 is 0 Å². The van der Waals surface area contributed by atoms with E-state index < -0.39 is 0 Å². The van der Waals surface area contributed by atoms with Crippen LogP contribution in [0.25, 0.3) is 22.2 Å². The van der Waals surface area contributed by atoms with Gasteiger partial charge >= 0.3 is 0 Å². The molecule has 0 saturated carbocycles. The van der Waals surface area contributed by atoms with Gasteiger partial charge in [-0.05, 0) is 31.4 Å². The number of aliphatic hydroxyl groups is 1. The summed E-state index contributed by atoms with van der Waals surface area (Å²) < 4.78 is 0. The standard InChI is InChI=1S/C24H30N2O/c1-2-3-4-9-15-24(16-10-17-27)22-18-11-5-7-13-20(18)25-23(22)19-12-6-8-14-21(19)26-24/h5-8,11-14,25-27H,2-4,9-10,15-17H2,1H3. The molecule has 0 spiro atoms. The molecule has 1 aliphatic heterocycles. The zero-order chi connectivity index (χ0) is 18.7. The van der Waals surface area contributed by atoms with Crippen LogP contribution in [0, 0.1) is 0 Å². The molecule has 3 aromatic rings. The molecule has 0 bridgehead atoms. The Labute approximate surface area is 161 Å². The van der Waals surface area contributed by atoms with E-state index in [1.807, 2.05) is 0 Å². The first-order valence-electron chi connectivity index (χ1n) is 10.4. The zero-order valence-electron chi connectivity index (χ0n) is 16.2. The van der Waals surface area contributed by atoms with Crippen molar-refractivity contribution < 1.29 is 5.11 Å². The number of hydrogen-bond donors (Lipinski definition) is 3. The minimum absolute atomic E-state index is 0.125. The van der Waals surface area contributed by atoms with Gasteiger partial charge in [-0.1, -0.05) is 69.0 Å². The maximum absolute atomic E-state index is 9.59. The third-order valence-corrected chi connectivity index (χ3v) is 5.97. The molecule has 3 N–H and O–H groups in total. The van der Waals surface area contributed by atoms with Gasteiger partial charge in [0.2, 0.25) is 0 Å². The predicted molar refractivity (Wildman–Crippen MR) is 114 cm³/mol. The number of aromatic amines is 1. The van der Waals surface area contributed by atoms with Crippen LogP contribution in [-0.4, -0.2) is 16.7 Å². The van der Waals surface area contributed by atoms with Crippen molar-refractivity contribution >= 4 is 16.6 Å². The van der Waals surface area contributed by atoms with E-state index in [0.717, 1.165) is 19.3 Å². The number of para-hydroxylation sites is 2. The number of H-pyrrole nitrogens is 1. The van der Waals surface area contributed by atoms with Crippen LogP contribution in [0.3, 0.4) is 0 Å². The lowest BCUT2D eigenvalue weighted by atomic mass is 9.75.